The summed E-state index contributed by atoms with van der Waals surface area (Å²) in [7, 11) is 0. The minimum atomic E-state index is 0.323. The second kappa shape index (κ2) is 6.90. The molecular weight excluding hydrogens is 314 g/mol. The minimum absolute atomic E-state index is 0.323. The largest absolute Gasteiger partial charge is 0.491 e. The first kappa shape index (κ1) is 16.2. The number of aromatic nitrogens is 1. The number of carbonyl (C=O) groups excluding carboxylic acids is 1. The molecule has 1 aromatic heterocycles. The van der Waals surface area contributed by atoms with Crippen LogP contribution >= 0.6 is 0 Å². The van der Waals surface area contributed by atoms with Gasteiger partial charge in [-0.15, -0.1) is 0 Å². The molecule has 132 valence electrons. The molecule has 1 N–H and O–H groups in total. The molecule has 1 aliphatic heterocycles. The molecule has 1 saturated carbocycles. The second-order valence-electron chi connectivity index (χ2n) is 7.09. The van der Waals surface area contributed by atoms with Gasteiger partial charge in [0, 0.05) is 48.7 Å². The van der Waals surface area contributed by atoms with E-state index < -0.39 is 0 Å². The molecule has 1 aromatic carbocycles. The number of nitrogens with zero attached hydrogens (tertiary/aromatic N) is 2. The van der Waals surface area contributed by atoms with Gasteiger partial charge in [-0.2, -0.15) is 0 Å². The van der Waals surface area contributed by atoms with Crippen molar-refractivity contribution in [2.45, 2.75) is 38.6 Å². The van der Waals surface area contributed by atoms with Gasteiger partial charge in [-0.25, -0.2) is 0 Å². The number of rotatable bonds is 7. The Hall–Kier alpha value is -2.30. The predicted octanol–water partition coefficient (Wildman–Crippen LogP) is 3.45. The van der Waals surface area contributed by atoms with Crippen LogP contribution in [0.4, 0.5) is 5.69 Å². The van der Waals surface area contributed by atoms with Crippen LogP contribution < -0.4 is 10.1 Å². The second-order valence-corrected chi connectivity index (χ2v) is 7.09. The number of hydrogen-bond donors (Lipinski definition) is 1. The quantitative estimate of drug-likeness (QED) is 0.839. The van der Waals surface area contributed by atoms with Crippen LogP contribution in [-0.4, -0.2) is 41.5 Å². The average Bonchev–Trinajstić information content (AvgIpc) is 3.41. The van der Waals surface area contributed by atoms with Gasteiger partial charge >= 0.3 is 0 Å². The van der Waals surface area contributed by atoms with Crippen molar-refractivity contribution in [1.82, 2.24) is 9.88 Å². The van der Waals surface area contributed by atoms with E-state index in [9.17, 15) is 4.79 Å². The zero-order valence-electron chi connectivity index (χ0n) is 14.7. The van der Waals surface area contributed by atoms with Crippen LogP contribution in [0.25, 0.3) is 10.9 Å². The van der Waals surface area contributed by atoms with Gasteiger partial charge in [0.2, 0.25) is 5.91 Å². The number of amides is 1. The van der Waals surface area contributed by atoms with E-state index in [1.165, 1.54) is 12.8 Å². The maximum Gasteiger partial charge on any atom is 0.223 e. The fraction of sp³-hybridized carbons (Fsp3) is 0.500. The Labute approximate surface area is 148 Å². The fourth-order valence-electron chi connectivity index (χ4n) is 3.57. The maximum atomic E-state index is 12.1. The summed E-state index contributed by atoms with van der Waals surface area (Å²) in [5, 5.41) is 4.61. The Morgan fingerprint density at radius 3 is 3.00 bits per heavy atom. The predicted molar refractivity (Wildman–Crippen MR) is 98.9 cm³/mol. The molecule has 1 saturated heterocycles. The number of pyridine rings is 1. The summed E-state index contributed by atoms with van der Waals surface area (Å²) in [5.74, 6) is 1.54. The number of nitrogens with one attached hydrogen (secondary N) is 1. The average molecular weight is 339 g/mol. The number of carbonyl (C=O) groups is 1. The SMILES string of the molecule is CCCOc1cccc2c(NC[C@H]3CC(=O)N(C4CC4)C3)ccnc12. The zero-order valence-corrected chi connectivity index (χ0v) is 14.7. The molecule has 0 unspecified atom stereocenters. The molecule has 1 amide bonds. The number of benzene rings is 1. The summed E-state index contributed by atoms with van der Waals surface area (Å²) in [4.78, 5) is 18.7. The summed E-state index contributed by atoms with van der Waals surface area (Å²) in [6.45, 7) is 4.50. The van der Waals surface area contributed by atoms with Crippen LogP contribution in [0.5, 0.6) is 5.75 Å². The summed E-state index contributed by atoms with van der Waals surface area (Å²) >= 11 is 0. The molecular formula is C20H25N3O2. The van der Waals surface area contributed by atoms with Crippen molar-refractivity contribution in [1.29, 1.82) is 0 Å². The third kappa shape index (κ3) is 3.41. The normalized spacial score (nSPS) is 20.3. The molecule has 1 atom stereocenters. The van der Waals surface area contributed by atoms with Crippen LogP contribution in [0.2, 0.25) is 0 Å². The first-order valence-corrected chi connectivity index (χ1v) is 9.30. The summed E-state index contributed by atoms with van der Waals surface area (Å²) in [6.07, 6.45) is 5.82. The van der Waals surface area contributed by atoms with Crippen molar-refractivity contribution < 1.29 is 9.53 Å². The summed E-state index contributed by atoms with van der Waals surface area (Å²) in [5.41, 5.74) is 1.95. The summed E-state index contributed by atoms with van der Waals surface area (Å²) in [6, 6.07) is 8.57. The number of fused-ring (bicyclic) bond motifs is 1. The molecule has 4 rings (SSSR count). The molecule has 0 radical (unpaired) electrons. The number of hydrogen-bond acceptors (Lipinski definition) is 4. The first-order chi connectivity index (χ1) is 12.3. The van der Waals surface area contributed by atoms with E-state index in [2.05, 4.69) is 28.2 Å². The highest BCUT2D eigenvalue weighted by molar-refractivity contribution is 5.94. The molecule has 0 bridgehead atoms. The lowest BCUT2D eigenvalue weighted by molar-refractivity contribution is -0.128. The highest BCUT2D eigenvalue weighted by Gasteiger charge is 2.39. The Morgan fingerprint density at radius 1 is 1.32 bits per heavy atom. The third-order valence-corrected chi connectivity index (χ3v) is 5.00. The Morgan fingerprint density at radius 2 is 2.20 bits per heavy atom. The number of ether oxygens (including phenoxy) is 1. The lowest BCUT2D eigenvalue weighted by Crippen LogP contribution is -2.28. The molecule has 2 heterocycles. The molecule has 2 aliphatic rings. The van der Waals surface area contributed by atoms with Gasteiger partial charge in [0.25, 0.3) is 0 Å². The number of likely N-dealkylation sites (tertiary alicyclic amines) is 1. The molecule has 1 aliphatic carbocycles. The lowest BCUT2D eigenvalue weighted by atomic mass is 10.1. The third-order valence-electron chi connectivity index (χ3n) is 5.00. The highest BCUT2D eigenvalue weighted by Crippen LogP contribution is 2.33. The van der Waals surface area contributed by atoms with Crippen molar-refractivity contribution in [3.05, 3.63) is 30.5 Å². The van der Waals surface area contributed by atoms with Gasteiger partial charge in [0.1, 0.15) is 11.3 Å². The van der Waals surface area contributed by atoms with E-state index in [0.717, 1.165) is 41.9 Å². The van der Waals surface area contributed by atoms with Gasteiger partial charge in [-0.05, 0) is 31.4 Å². The van der Waals surface area contributed by atoms with Crippen molar-refractivity contribution in [2.75, 3.05) is 25.0 Å². The fourth-order valence-corrected chi connectivity index (χ4v) is 3.57. The van der Waals surface area contributed by atoms with Crippen molar-refractivity contribution >= 4 is 22.5 Å². The lowest BCUT2D eigenvalue weighted by Gasteiger charge is -2.17. The van der Waals surface area contributed by atoms with E-state index in [4.69, 9.17) is 4.74 Å². The molecule has 0 spiro atoms. The van der Waals surface area contributed by atoms with Crippen molar-refractivity contribution in [2.24, 2.45) is 5.92 Å². The highest BCUT2D eigenvalue weighted by atomic mass is 16.5. The molecule has 2 fully saturated rings. The van der Waals surface area contributed by atoms with Crippen LogP contribution in [-0.2, 0) is 4.79 Å². The number of para-hydroxylation sites is 1. The number of anilines is 1. The Kier molecular flexibility index (Phi) is 4.47. The van der Waals surface area contributed by atoms with Gasteiger partial charge in [0.05, 0.1) is 6.61 Å². The minimum Gasteiger partial charge on any atom is -0.491 e. The van der Waals surface area contributed by atoms with Crippen LogP contribution in [0.15, 0.2) is 30.5 Å². The maximum absolute atomic E-state index is 12.1. The van der Waals surface area contributed by atoms with Gasteiger partial charge in [0.15, 0.2) is 0 Å². The van der Waals surface area contributed by atoms with Gasteiger partial charge < -0.3 is 15.0 Å². The monoisotopic (exact) mass is 339 g/mol. The molecule has 25 heavy (non-hydrogen) atoms. The molecule has 2 aromatic rings. The smallest absolute Gasteiger partial charge is 0.223 e. The van der Waals surface area contributed by atoms with E-state index in [1.807, 2.05) is 24.4 Å². The zero-order chi connectivity index (χ0) is 17.2. The first-order valence-electron chi connectivity index (χ1n) is 9.30. The topological polar surface area (TPSA) is 54.5 Å². The molecule has 5 nitrogen and oxygen atoms in total. The van der Waals surface area contributed by atoms with Gasteiger partial charge in [-0.1, -0.05) is 19.1 Å². The Balaban J connectivity index is 1.47. The van der Waals surface area contributed by atoms with Crippen LogP contribution in [0, 0.1) is 5.92 Å². The van der Waals surface area contributed by atoms with E-state index in [-0.39, 0.29) is 0 Å². The van der Waals surface area contributed by atoms with Crippen molar-refractivity contribution in [3.63, 3.8) is 0 Å². The Bertz CT molecular complexity index is 773. The van der Waals surface area contributed by atoms with Gasteiger partial charge in [-0.3, -0.25) is 9.78 Å². The van der Waals surface area contributed by atoms with E-state index in [1.54, 1.807) is 0 Å². The molecule has 5 heteroatoms. The van der Waals surface area contributed by atoms with E-state index in [0.29, 0.717) is 30.9 Å². The van der Waals surface area contributed by atoms with Crippen molar-refractivity contribution in [3.8, 4) is 5.75 Å². The van der Waals surface area contributed by atoms with Crippen LogP contribution in [0.1, 0.15) is 32.6 Å². The van der Waals surface area contributed by atoms with Crippen LogP contribution in [0.3, 0.4) is 0 Å². The van der Waals surface area contributed by atoms with E-state index >= 15 is 0 Å². The summed E-state index contributed by atoms with van der Waals surface area (Å²) < 4.78 is 5.82. The standard InChI is InChI=1S/C20H25N3O2/c1-2-10-25-18-5-3-4-16-17(8-9-21-20(16)18)22-12-14-11-19(24)23(13-14)15-6-7-15/h3-5,8-9,14-15H,2,6-7,10-13H2,1H3,(H,21,22)/t14-/m1/s1.